The molecule has 1 aromatic carbocycles. The number of anilines is 1. The smallest absolute Gasteiger partial charge is 0.282 e. The number of amides is 1. The Morgan fingerprint density at radius 2 is 2.03 bits per heavy atom. The number of nitrogens with one attached hydrogen (secondary N) is 1. The van der Waals surface area contributed by atoms with Gasteiger partial charge in [-0.3, -0.25) is 14.2 Å². The van der Waals surface area contributed by atoms with Crippen LogP contribution in [0.1, 0.15) is 16.0 Å². The Labute approximate surface area is 181 Å². The number of carbonyl (C=O) groups excluding carboxylic acids is 1. The first-order valence-electron chi connectivity index (χ1n) is 9.25. The van der Waals surface area contributed by atoms with Crippen LogP contribution in [0, 0.1) is 13.8 Å². The van der Waals surface area contributed by atoms with Crippen LogP contribution in [-0.2, 0) is 11.3 Å². The van der Waals surface area contributed by atoms with Gasteiger partial charge in [0.1, 0.15) is 0 Å². The number of aromatic nitrogens is 4. The molecule has 7 nitrogen and oxygen atoms in total. The van der Waals surface area contributed by atoms with Crippen molar-refractivity contribution in [3.63, 3.8) is 0 Å². The minimum Gasteiger partial charge on any atom is -0.325 e. The monoisotopic (exact) mass is 437 g/mol. The molecule has 9 heteroatoms. The van der Waals surface area contributed by atoms with Gasteiger partial charge in [-0.15, -0.1) is 11.3 Å². The molecule has 3 heterocycles. The van der Waals surface area contributed by atoms with E-state index in [1.54, 1.807) is 15.9 Å². The van der Waals surface area contributed by atoms with Crippen molar-refractivity contribution in [2.24, 2.45) is 0 Å². The second-order valence-corrected chi connectivity index (χ2v) is 8.72. The summed E-state index contributed by atoms with van der Waals surface area (Å²) in [6.45, 7) is 4.34. The fourth-order valence-electron chi connectivity index (χ4n) is 3.01. The molecule has 0 bridgehead atoms. The average molecular weight is 438 g/mol. The molecule has 0 fully saturated rings. The van der Waals surface area contributed by atoms with E-state index in [1.807, 2.05) is 49.6 Å². The third kappa shape index (κ3) is 4.42. The van der Waals surface area contributed by atoms with Crippen LogP contribution in [0.2, 0.25) is 0 Å². The zero-order valence-electron chi connectivity index (χ0n) is 16.5. The summed E-state index contributed by atoms with van der Waals surface area (Å²) in [7, 11) is 0. The van der Waals surface area contributed by atoms with Crippen LogP contribution in [0.5, 0.6) is 0 Å². The van der Waals surface area contributed by atoms with E-state index in [1.165, 1.54) is 24.2 Å². The molecule has 0 saturated carbocycles. The fraction of sp³-hybridized carbons (Fsp3) is 0.190. The van der Waals surface area contributed by atoms with E-state index in [-0.39, 0.29) is 28.4 Å². The maximum absolute atomic E-state index is 13.0. The molecule has 0 unspecified atom stereocenters. The van der Waals surface area contributed by atoms with Crippen LogP contribution >= 0.6 is 23.1 Å². The second kappa shape index (κ2) is 8.76. The van der Waals surface area contributed by atoms with E-state index in [9.17, 15) is 9.59 Å². The standard InChI is InChI=1S/C21H19N5O2S2/c1-13-5-6-16(14(2)10-13)24-17(27)12-30-21-25-19-18(22-7-8-23-19)20(28)26(21)11-15-4-3-9-29-15/h3-10H,11-12H2,1-2H3,(H,24,27). The molecule has 1 N–H and O–H groups in total. The van der Waals surface area contributed by atoms with Crippen molar-refractivity contribution in [3.8, 4) is 0 Å². The van der Waals surface area contributed by atoms with Gasteiger partial charge in [-0.05, 0) is 36.9 Å². The molecule has 0 aliphatic heterocycles. The Bertz CT molecular complexity index is 1270. The van der Waals surface area contributed by atoms with E-state index in [4.69, 9.17) is 0 Å². The maximum Gasteiger partial charge on any atom is 0.282 e. The summed E-state index contributed by atoms with van der Waals surface area (Å²) >= 11 is 2.77. The van der Waals surface area contributed by atoms with E-state index >= 15 is 0 Å². The van der Waals surface area contributed by atoms with E-state index in [0.717, 1.165) is 21.7 Å². The predicted octanol–water partition coefficient (Wildman–Crippen LogP) is 3.64. The maximum atomic E-state index is 13.0. The summed E-state index contributed by atoms with van der Waals surface area (Å²) in [5, 5.41) is 5.32. The number of carbonyl (C=O) groups is 1. The van der Waals surface area contributed by atoms with E-state index in [0.29, 0.717) is 11.7 Å². The number of thiophene rings is 1. The lowest BCUT2D eigenvalue weighted by Crippen LogP contribution is -2.25. The minimum atomic E-state index is -0.265. The van der Waals surface area contributed by atoms with Gasteiger partial charge in [-0.2, -0.15) is 0 Å². The molecule has 4 aromatic rings. The Hall–Kier alpha value is -3.04. The highest BCUT2D eigenvalue weighted by Crippen LogP contribution is 2.21. The first-order valence-corrected chi connectivity index (χ1v) is 11.1. The Morgan fingerprint density at radius 1 is 1.20 bits per heavy atom. The zero-order valence-corrected chi connectivity index (χ0v) is 18.1. The third-order valence-corrected chi connectivity index (χ3v) is 6.28. The van der Waals surface area contributed by atoms with Gasteiger partial charge in [0.05, 0.1) is 12.3 Å². The first-order chi connectivity index (χ1) is 14.5. The van der Waals surface area contributed by atoms with Gasteiger partial charge in [-0.1, -0.05) is 35.5 Å². The van der Waals surface area contributed by atoms with E-state index in [2.05, 4.69) is 20.3 Å². The Morgan fingerprint density at radius 3 is 2.80 bits per heavy atom. The molecule has 0 radical (unpaired) electrons. The molecular weight excluding hydrogens is 418 g/mol. The number of fused-ring (bicyclic) bond motifs is 1. The van der Waals surface area contributed by atoms with Crippen LogP contribution in [0.15, 0.2) is 58.1 Å². The molecule has 30 heavy (non-hydrogen) atoms. The van der Waals surface area contributed by atoms with Crippen molar-refractivity contribution in [3.05, 3.63) is 74.5 Å². The molecule has 3 aromatic heterocycles. The Balaban J connectivity index is 1.59. The normalized spacial score (nSPS) is 11.0. The van der Waals surface area contributed by atoms with Crippen molar-refractivity contribution in [2.45, 2.75) is 25.5 Å². The van der Waals surface area contributed by atoms with Crippen molar-refractivity contribution < 1.29 is 4.79 Å². The van der Waals surface area contributed by atoms with Crippen LogP contribution < -0.4 is 10.9 Å². The number of thioether (sulfide) groups is 1. The molecule has 1 amide bonds. The van der Waals surface area contributed by atoms with Crippen molar-refractivity contribution >= 4 is 45.9 Å². The van der Waals surface area contributed by atoms with Crippen LogP contribution in [-0.4, -0.2) is 31.2 Å². The fourth-order valence-corrected chi connectivity index (χ4v) is 4.49. The number of nitrogens with zero attached hydrogens (tertiary/aromatic N) is 4. The molecule has 0 aliphatic rings. The highest BCUT2D eigenvalue weighted by atomic mass is 32.2. The van der Waals surface area contributed by atoms with Gasteiger partial charge in [-0.25, -0.2) is 15.0 Å². The van der Waals surface area contributed by atoms with Crippen LogP contribution in [0.4, 0.5) is 5.69 Å². The predicted molar refractivity (Wildman–Crippen MR) is 120 cm³/mol. The van der Waals surface area contributed by atoms with Gasteiger partial charge in [0.25, 0.3) is 5.56 Å². The average Bonchev–Trinajstić information content (AvgIpc) is 3.24. The summed E-state index contributed by atoms with van der Waals surface area (Å²) in [6.07, 6.45) is 2.98. The summed E-state index contributed by atoms with van der Waals surface area (Å²) < 4.78 is 1.55. The zero-order chi connectivity index (χ0) is 21.1. The van der Waals surface area contributed by atoms with Crippen molar-refractivity contribution in [2.75, 3.05) is 11.1 Å². The Kier molecular flexibility index (Phi) is 5.91. The third-order valence-electron chi connectivity index (χ3n) is 4.44. The SMILES string of the molecule is Cc1ccc(NC(=O)CSc2nc3nccnc3c(=O)n2Cc2cccs2)c(C)c1. The largest absolute Gasteiger partial charge is 0.325 e. The van der Waals surface area contributed by atoms with Gasteiger partial charge < -0.3 is 5.32 Å². The lowest BCUT2D eigenvalue weighted by atomic mass is 10.1. The number of aryl methyl sites for hydroxylation is 2. The number of benzene rings is 1. The van der Waals surface area contributed by atoms with Gasteiger partial charge in [0.15, 0.2) is 16.3 Å². The molecular formula is C21H19N5O2S2. The number of hydrogen-bond acceptors (Lipinski definition) is 7. The molecule has 0 atom stereocenters. The summed E-state index contributed by atoms with van der Waals surface area (Å²) in [6, 6.07) is 9.76. The van der Waals surface area contributed by atoms with Gasteiger partial charge in [0.2, 0.25) is 5.91 Å². The number of rotatable bonds is 6. The van der Waals surface area contributed by atoms with Crippen LogP contribution in [0.3, 0.4) is 0 Å². The lowest BCUT2D eigenvalue weighted by molar-refractivity contribution is -0.113. The number of hydrogen-bond donors (Lipinski definition) is 1. The topological polar surface area (TPSA) is 89.8 Å². The minimum absolute atomic E-state index is 0.121. The molecule has 0 spiro atoms. The van der Waals surface area contributed by atoms with Gasteiger partial charge in [0, 0.05) is 23.0 Å². The molecule has 152 valence electrons. The van der Waals surface area contributed by atoms with E-state index < -0.39 is 0 Å². The summed E-state index contributed by atoms with van der Waals surface area (Å²) in [5.41, 5.74) is 3.15. The highest BCUT2D eigenvalue weighted by molar-refractivity contribution is 7.99. The summed E-state index contributed by atoms with van der Waals surface area (Å²) in [4.78, 5) is 39.3. The van der Waals surface area contributed by atoms with Gasteiger partial charge >= 0.3 is 0 Å². The quantitative estimate of drug-likeness (QED) is 0.366. The van der Waals surface area contributed by atoms with Crippen molar-refractivity contribution in [1.82, 2.24) is 19.5 Å². The highest BCUT2D eigenvalue weighted by Gasteiger charge is 2.16. The molecule has 4 rings (SSSR count). The lowest BCUT2D eigenvalue weighted by Gasteiger charge is -2.12. The van der Waals surface area contributed by atoms with Crippen molar-refractivity contribution in [1.29, 1.82) is 0 Å². The van der Waals surface area contributed by atoms with Crippen LogP contribution in [0.25, 0.3) is 11.2 Å². The molecule has 0 aliphatic carbocycles. The second-order valence-electron chi connectivity index (χ2n) is 6.75. The summed E-state index contributed by atoms with van der Waals surface area (Å²) in [5.74, 6) is -0.0428. The first kappa shape index (κ1) is 20.2. The molecule has 0 saturated heterocycles.